The standard InChI is InChI=1S/C25H48O4/c1-6-7-8-17-20-25(21(2)3,22(4)5)29-24(28)19-16-14-12-10-9-11-13-15-18-23(26)27/h21-22H,6-20H2,1-5H3,(H,26,27). The molecular weight excluding hydrogens is 364 g/mol. The Morgan fingerprint density at radius 1 is 0.724 bits per heavy atom. The Hall–Kier alpha value is -1.06. The third-order valence-electron chi connectivity index (χ3n) is 6.20. The average Bonchev–Trinajstić information content (AvgIpc) is 2.65. The smallest absolute Gasteiger partial charge is 0.306 e. The van der Waals surface area contributed by atoms with Crippen LogP contribution in [0.3, 0.4) is 0 Å². The number of ether oxygens (including phenoxy) is 1. The first-order valence-corrected chi connectivity index (χ1v) is 12.2. The molecule has 1 N–H and O–H groups in total. The van der Waals surface area contributed by atoms with Gasteiger partial charge in [0.25, 0.3) is 0 Å². The molecule has 0 saturated carbocycles. The topological polar surface area (TPSA) is 63.6 Å². The number of aliphatic carboxylic acids is 1. The van der Waals surface area contributed by atoms with Crippen LogP contribution in [0, 0.1) is 11.8 Å². The summed E-state index contributed by atoms with van der Waals surface area (Å²) < 4.78 is 6.15. The van der Waals surface area contributed by atoms with Crippen molar-refractivity contribution in [2.24, 2.45) is 11.8 Å². The van der Waals surface area contributed by atoms with Crippen molar-refractivity contribution in [2.45, 2.75) is 137 Å². The van der Waals surface area contributed by atoms with Gasteiger partial charge in [0.15, 0.2) is 0 Å². The molecule has 0 saturated heterocycles. The maximum atomic E-state index is 12.5. The Morgan fingerprint density at radius 3 is 1.62 bits per heavy atom. The first-order valence-electron chi connectivity index (χ1n) is 12.2. The molecule has 0 aliphatic rings. The van der Waals surface area contributed by atoms with E-state index in [-0.39, 0.29) is 18.0 Å². The number of carbonyl (C=O) groups is 2. The lowest BCUT2D eigenvalue weighted by atomic mass is 9.76. The fraction of sp³-hybridized carbons (Fsp3) is 0.920. The van der Waals surface area contributed by atoms with Crippen LogP contribution in [0.1, 0.15) is 131 Å². The van der Waals surface area contributed by atoms with Gasteiger partial charge in [-0.15, -0.1) is 0 Å². The molecule has 0 aromatic heterocycles. The molecule has 29 heavy (non-hydrogen) atoms. The molecule has 0 aliphatic carbocycles. The minimum absolute atomic E-state index is 0.0310. The van der Waals surface area contributed by atoms with E-state index in [1.807, 2.05) is 0 Å². The molecule has 0 amide bonds. The maximum Gasteiger partial charge on any atom is 0.306 e. The number of carboxylic acid groups (broad SMARTS) is 1. The monoisotopic (exact) mass is 412 g/mol. The number of carboxylic acids is 1. The summed E-state index contributed by atoms with van der Waals surface area (Å²) in [6.45, 7) is 11.0. The largest absolute Gasteiger partial charge is 0.481 e. The van der Waals surface area contributed by atoms with Gasteiger partial charge in [0, 0.05) is 12.8 Å². The van der Waals surface area contributed by atoms with Gasteiger partial charge in [0.05, 0.1) is 0 Å². The highest BCUT2D eigenvalue weighted by Crippen LogP contribution is 2.36. The van der Waals surface area contributed by atoms with Crippen molar-refractivity contribution < 1.29 is 19.4 Å². The molecule has 0 aromatic carbocycles. The van der Waals surface area contributed by atoms with Gasteiger partial charge in [0.2, 0.25) is 0 Å². The van der Waals surface area contributed by atoms with Gasteiger partial charge in [0.1, 0.15) is 5.60 Å². The summed E-state index contributed by atoms with van der Waals surface area (Å²) in [5.41, 5.74) is -0.333. The molecule has 0 fully saturated rings. The van der Waals surface area contributed by atoms with Gasteiger partial charge >= 0.3 is 11.9 Å². The Morgan fingerprint density at radius 2 is 1.17 bits per heavy atom. The highest BCUT2D eigenvalue weighted by molar-refractivity contribution is 5.70. The van der Waals surface area contributed by atoms with Crippen LogP contribution >= 0.6 is 0 Å². The molecule has 172 valence electrons. The number of rotatable bonds is 19. The van der Waals surface area contributed by atoms with Crippen molar-refractivity contribution >= 4 is 11.9 Å². The third-order valence-corrected chi connectivity index (χ3v) is 6.20. The van der Waals surface area contributed by atoms with E-state index >= 15 is 0 Å². The van der Waals surface area contributed by atoms with Crippen molar-refractivity contribution in [3.63, 3.8) is 0 Å². The van der Waals surface area contributed by atoms with Crippen LogP contribution in [-0.4, -0.2) is 22.6 Å². The first-order chi connectivity index (χ1) is 13.8. The fourth-order valence-corrected chi connectivity index (χ4v) is 4.23. The summed E-state index contributed by atoms with van der Waals surface area (Å²) in [5, 5.41) is 8.62. The Kier molecular flexibility index (Phi) is 16.1. The Labute approximate surface area is 180 Å². The predicted octanol–water partition coefficient (Wildman–Crippen LogP) is 7.54. The van der Waals surface area contributed by atoms with Crippen LogP contribution in [0.15, 0.2) is 0 Å². The van der Waals surface area contributed by atoms with Crippen LogP contribution in [0.5, 0.6) is 0 Å². The molecule has 0 aromatic rings. The molecule has 4 heteroatoms. The molecule has 0 spiro atoms. The number of unbranched alkanes of at least 4 members (excludes halogenated alkanes) is 10. The summed E-state index contributed by atoms with van der Waals surface area (Å²) in [6, 6.07) is 0. The van der Waals surface area contributed by atoms with Crippen molar-refractivity contribution in [3.05, 3.63) is 0 Å². The van der Waals surface area contributed by atoms with Gasteiger partial charge in [-0.1, -0.05) is 92.4 Å². The zero-order chi connectivity index (χ0) is 22.1. The lowest BCUT2D eigenvalue weighted by Crippen LogP contribution is -2.45. The Bertz CT molecular complexity index is 421. The first kappa shape index (κ1) is 27.9. The fourth-order valence-electron chi connectivity index (χ4n) is 4.23. The molecule has 4 nitrogen and oxygen atoms in total. The molecule has 0 heterocycles. The Balaban J connectivity index is 4.11. The van der Waals surface area contributed by atoms with Gasteiger partial charge < -0.3 is 9.84 Å². The third kappa shape index (κ3) is 13.0. The number of esters is 1. The van der Waals surface area contributed by atoms with Crippen LogP contribution in [0.4, 0.5) is 0 Å². The molecule has 0 rings (SSSR count). The second-order valence-corrected chi connectivity index (χ2v) is 9.27. The van der Waals surface area contributed by atoms with Gasteiger partial charge in [-0.2, -0.15) is 0 Å². The normalized spacial score (nSPS) is 12.0. The van der Waals surface area contributed by atoms with Crippen LogP contribution in [-0.2, 0) is 14.3 Å². The van der Waals surface area contributed by atoms with E-state index in [4.69, 9.17) is 9.84 Å². The molecule has 0 unspecified atom stereocenters. The lowest BCUT2D eigenvalue weighted by molar-refractivity contribution is -0.174. The highest BCUT2D eigenvalue weighted by atomic mass is 16.6. The summed E-state index contributed by atoms with van der Waals surface area (Å²) in [6.07, 6.45) is 14.9. The van der Waals surface area contributed by atoms with Crippen molar-refractivity contribution in [1.29, 1.82) is 0 Å². The van der Waals surface area contributed by atoms with Gasteiger partial charge in [-0.3, -0.25) is 9.59 Å². The van der Waals surface area contributed by atoms with E-state index in [0.717, 1.165) is 57.8 Å². The molecule has 0 aliphatic heterocycles. The summed E-state index contributed by atoms with van der Waals surface area (Å²) in [7, 11) is 0. The van der Waals surface area contributed by atoms with E-state index in [9.17, 15) is 9.59 Å². The summed E-state index contributed by atoms with van der Waals surface area (Å²) >= 11 is 0. The van der Waals surface area contributed by atoms with Crippen LogP contribution < -0.4 is 0 Å². The SMILES string of the molecule is CCCCCCC(OC(=O)CCCCCCCCCCC(=O)O)(C(C)C)C(C)C. The average molecular weight is 413 g/mol. The van der Waals surface area contributed by atoms with E-state index in [1.54, 1.807) is 0 Å². The van der Waals surface area contributed by atoms with Gasteiger partial charge in [-0.25, -0.2) is 0 Å². The van der Waals surface area contributed by atoms with Crippen molar-refractivity contribution in [1.82, 2.24) is 0 Å². The van der Waals surface area contributed by atoms with Crippen molar-refractivity contribution in [2.75, 3.05) is 0 Å². The van der Waals surface area contributed by atoms with E-state index in [0.29, 0.717) is 18.3 Å². The van der Waals surface area contributed by atoms with E-state index in [2.05, 4.69) is 34.6 Å². The van der Waals surface area contributed by atoms with E-state index < -0.39 is 5.97 Å². The summed E-state index contributed by atoms with van der Waals surface area (Å²) in [5.74, 6) is -0.0724. The zero-order valence-electron chi connectivity index (χ0n) is 19.9. The lowest BCUT2D eigenvalue weighted by Gasteiger charge is -2.41. The van der Waals surface area contributed by atoms with Gasteiger partial charge in [-0.05, 0) is 37.5 Å². The highest BCUT2D eigenvalue weighted by Gasteiger charge is 2.40. The number of carbonyl (C=O) groups excluding carboxylic acids is 1. The predicted molar refractivity (Wildman–Crippen MR) is 121 cm³/mol. The quantitative estimate of drug-likeness (QED) is 0.176. The minimum Gasteiger partial charge on any atom is -0.481 e. The molecular formula is C25H48O4. The maximum absolute atomic E-state index is 12.5. The number of hydrogen-bond donors (Lipinski definition) is 1. The van der Waals surface area contributed by atoms with Crippen molar-refractivity contribution in [3.8, 4) is 0 Å². The minimum atomic E-state index is -0.697. The van der Waals surface area contributed by atoms with Crippen LogP contribution in [0.2, 0.25) is 0 Å². The molecule has 0 bridgehead atoms. The summed E-state index contributed by atoms with van der Waals surface area (Å²) in [4.78, 5) is 23.0. The molecule has 0 atom stereocenters. The second-order valence-electron chi connectivity index (χ2n) is 9.27. The number of hydrogen-bond acceptors (Lipinski definition) is 3. The molecule has 0 radical (unpaired) electrons. The van der Waals surface area contributed by atoms with Crippen LogP contribution in [0.25, 0.3) is 0 Å². The zero-order valence-corrected chi connectivity index (χ0v) is 19.9. The second kappa shape index (κ2) is 16.7. The van der Waals surface area contributed by atoms with E-state index in [1.165, 1.54) is 25.7 Å².